The lowest BCUT2D eigenvalue weighted by Crippen LogP contribution is -2.09. The summed E-state index contributed by atoms with van der Waals surface area (Å²) < 4.78 is 0. The normalized spacial score (nSPS) is 11.9. The van der Waals surface area contributed by atoms with Crippen LogP contribution in [0, 0.1) is 0 Å². The van der Waals surface area contributed by atoms with Gasteiger partial charge in [0.05, 0.1) is 0 Å². The van der Waals surface area contributed by atoms with Gasteiger partial charge in [0.2, 0.25) is 0 Å². The van der Waals surface area contributed by atoms with Gasteiger partial charge in [0.15, 0.2) is 11.8 Å². The van der Waals surface area contributed by atoms with E-state index >= 15 is 0 Å². The largest absolute Gasteiger partial charge is 0.495 e. The van der Waals surface area contributed by atoms with Crippen LogP contribution in [-0.2, 0) is 5.41 Å². The second-order valence-electron chi connectivity index (χ2n) is 3.67. The molecule has 1 heterocycles. The molecule has 0 aliphatic heterocycles. The first-order valence-corrected chi connectivity index (χ1v) is 3.52. The van der Waals surface area contributed by atoms with Gasteiger partial charge in [0, 0.05) is 11.6 Å². The van der Waals surface area contributed by atoms with E-state index in [1.54, 1.807) is 0 Å². The zero-order valence-electron chi connectivity index (χ0n) is 6.97. The average Bonchev–Trinajstić information content (AvgIpc) is 2.08. The van der Waals surface area contributed by atoms with E-state index < -0.39 is 0 Å². The predicted octanol–water partition coefficient (Wildman–Crippen LogP) is 1.72. The average molecular weight is 155 g/mol. The summed E-state index contributed by atoms with van der Waals surface area (Å²) in [4.78, 5) is 2.43. The summed E-state index contributed by atoms with van der Waals surface area (Å²) in [5, 5.41) is 18.2. The van der Waals surface area contributed by atoms with Crippen LogP contribution < -0.4 is 0 Å². The molecule has 0 unspecified atom stereocenters. The van der Waals surface area contributed by atoms with E-state index in [9.17, 15) is 5.11 Å². The minimum atomic E-state index is -0.137. The molecule has 62 valence electrons. The van der Waals surface area contributed by atoms with Gasteiger partial charge in [0.25, 0.3) is 0 Å². The lowest BCUT2D eigenvalue weighted by atomic mass is 9.89. The molecule has 0 radical (unpaired) electrons. The number of H-pyrrole nitrogens is 1. The molecule has 0 aliphatic carbocycles. The van der Waals surface area contributed by atoms with Crippen LogP contribution >= 0.6 is 0 Å². The Morgan fingerprint density at radius 1 is 1.27 bits per heavy atom. The molecule has 0 saturated carbocycles. The van der Waals surface area contributed by atoms with Crippen molar-refractivity contribution in [2.75, 3.05) is 0 Å². The van der Waals surface area contributed by atoms with Crippen molar-refractivity contribution >= 4 is 0 Å². The number of hydrogen-bond donors (Lipinski definition) is 3. The predicted molar refractivity (Wildman–Crippen MR) is 42.8 cm³/mol. The maximum Gasteiger partial charge on any atom is 0.195 e. The van der Waals surface area contributed by atoms with Crippen molar-refractivity contribution < 1.29 is 10.2 Å². The van der Waals surface area contributed by atoms with E-state index in [0.29, 0.717) is 0 Å². The fourth-order valence-electron chi connectivity index (χ4n) is 1.00. The number of hydrogen-bond acceptors (Lipinski definition) is 2. The molecule has 3 N–H and O–H groups in total. The monoisotopic (exact) mass is 155 g/mol. The summed E-state index contributed by atoms with van der Waals surface area (Å²) in [7, 11) is 0. The molecule has 0 saturated heterocycles. The highest BCUT2D eigenvalue weighted by Crippen LogP contribution is 2.32. The molecule has 0 spiro atoms. The van der Waals surface area contributed by atoms with Crippen LogP contribution in [0.25, 0.3) is 0 Å². The summed E-state index contributed by atoms with van der Waals surface area (Å²) in [5.41, 5.74) is 0.594. The van der Waals surface area contributed by atoms with E-state index in [4.69, 9.17) is 5.11 Å². The van der Waals surface area contributed by atoms with E-state index in [2.05, 4.69) is 4.98 Å². The van der Waals surface area contributed by atoms with Gasteiger partial charge in [-0.3, -0.25) is 4.98 Å². The maximum absolute atomic E-state index is 9.25. The molecule has 1 aromatic rings. The first-order chi connectivity index (χ1) is 4.91. The zero-order valence-corrected chi connectivity index (χ0v) is 6.97. The van der Waals surface area contributed by atoms with Crippen LogP contribution in [-0.4, -0.2) is 15.2 Å². The van der Waals surface area contributed by atoms with Crippen molar-refractivity contribution in [3.8, 4) is 11.8 Å². The molecule has 0 aliphatic rings. The van der Waals surface area contributed by atoms with Crippen molar-refractivity contribution in [2.45, 2.75) is 26.2 Å². The number of aromatic nitrogens is 1. The molecular weight excluding hydrogens is 142 g/mol. The molecule has 0 atom stereocenters. The Morgan fingerprint density at radius 2 is 1.82 bits per heavy atom. The van der Waals surface area contributed by atoms with Crippen LogP contribution in [0.15, 0.2) is 6.07 Å². The summed E-state index contributed by atoms with van der Waals surface area (Å²) in [5.74, 6) is 0.0578. The second kappa shape index (κ2) is 2.19. The van der Waals surface area contributed by atoms with Crippen molar-refractivity contribution in [3.63, 3.8) is 0 Å². The van der Waals surface area contributed by atoms with Crippen LogP contribution in [0.1, 0.15) is 26.3 Å². The third-order valence-electron chi connectivity index (χ3n) is 1.59. The Hall–Kier alpha value is -1.12. The van der Waals surface area contributed by atoms with Crippen LogP contribution in [0.5, 0.6) is 11.8 Å². The standard InChI is InChI=1S/C8H13NO2/c1-8(2,3)5-4-6(10)9-7(5)11/h4,9-11H,1-3H3. The molecule has 3 heteroatoms. The van der Waals surface area contributed by atoms with Gasteiger partial charge in [-0.1, -0.05) is 20.8 Å². The third kappa shape index (κ3) is 1.48. The lowest BCUT2D eigenvalue weighted by Gasteiger charge is -2.16. The summed E-state index contributed by atoms with van der Waals surface area (Å²) in [6.07, 6.45) is 0. The lowest BCUT2D eigenvalue weighted by molar-refractivity contribution is 0.416. The fourth-order valence-corrected chi connectivity index (χ4v) is 1.00. The number of aromatic amines is 1. The molecule has 0 fully saturated rings. The van der Waals surface area contributed by atoms with E-state index in [1.807, 2.05) is 20.8 Å². The summed E-state index contributed by atoms with van der Waals surface area (Å²) in [6.45, 7) is 5.90. The Kier molecular flexibility index (Phi) is 1.59. The van der Waals surface area contributed by atoms with Gasteiger partial charge in [0.1, 0.15) is 0 Å². The van der Waals surface area contributed by atoms with Crippen LogP contribution in [0.3, 0.4) is 0 Å². The van der Waals surface area contributed by atoms with Gasteiger partial charge in [-0.25, -0.2) is 0 Å². The SMILES string of the molecule is CC(C)(C)c1cc(O)[nH]c1O. The van der Waals surface area contributed by atoms with Crippen molar-refractivity contribution in [2.24, 2.45) is 0 Å². The van der Waals surface area contributed by atoms with Crippen molar-refractivity contribution in [1.82, 2.24) is 4.98 Å². The topological polar surface area (TPSA) is 56.2 Å². The molecular formula is C8H13NO2. The van der Waals surface area contributed by atoms with E-state index in [0.717, 1.165) is 5.56 Å². The Morgan fingerprint density at radius 3 is 2.00 bits per heavy atom. The van der Waals surface area contributed by atoms with Gasteiger partial charge in [-0.2, -0.15) is 0 Å². The van der Waals surface area contributed by atoms with Gasteiger partial charge in [-0.15, -0.1) is 0 Å². The first-order valence-electron chi connectivity index (χ1n) is 3.52. The molecule has 0 amide bonds. The maximum atomic E-state index is 9.25. The minimum Gasteiger partial charge on any atom is -0.495 e. The first kappa shape index (κ1) is 7.98. The molecule has 0 bridgehead atoms. The quantitative estimate of drug-likeness (QED) is 0.534. The van der Waals surface area contributed by atoms with Crippen LogP contribution in [0.2, 0.25) is 0 Å². The van der Waals surface area contributed by atoms with Gasteiger partial charge < -0.3 is 10.2 Å². The Balaban J connectivity index is 3.13. The number of rotatable bonds is 0. The second-order valence-corrected chi connectivity index (χ2v) is 3.67. The Labute approximate surface area is 65.7 Å². The van der Waals surface area contributed by atoms with Crippen molar-refractivity contribution in [1.29, 1.82) is 0 Å². The molecule has 3 nitrogen and oxygen atoms in total. The van der Waals surface area contributed by atoms with E-state index in [1.165, 1.54) is 6.07 Å². The summed E-state index contributed by atoms with van der Waals surface area (Å²) >= 11 is 0. The number of aromatic hydroxyl groups is 2. The third-order valence-corrected chi connectivity index (χ3v) is 1.59. The zero-order chi connectivity index (χ0) is 8.65. The highest BCUT2D eigenvalue weighted by Gasteiger charge is 2.20. The van der Waals surface area contributed by atoms with Gasteiger partial charge in [-0.05, 0) is 5.41 Å². The highest BCUT2D eigenvalue weighted by molar-refractivity contribution is 5.37. The minimum absolute atomic E-state index is 0.00688. The summed E-state index contributed by atoms with van der Waals surface area (Å²) in [6, 6.07) is 1.54. The van der Waals surface area contributed by atoms with Gasteiger partial charge >= 0.3 is 0 Å². The molecule has 11 heavy (non-hydrogen) atoms. The highest BCUT2D eigenvalue weighted by atomic mass is 16.3. The molecule has 1 rings (SSSR count). The van der Waals surface area contributed by atoms with Crippen molar-refractivity contribution in [3.05, 3.63) is 11.6 Å². The fraction of sp³-hybridized carbons (Fsp3) is 0.500. The smallest absolute Gasteiger partial charge is 0.195 e. The number of nitrogens with one attached hydrogen (secondary N) is 1. The Bertz CT molecular complexity index is 258. The van der Waals surface area contributed by atoms with E-state index in [-0.39, 0.29) is 17.2 Å². The van der Waals surface area contributed by atoms with Crippen LogP contribution in [0.4, 0.5) is 0 Å². The molecule has 1 aromatic heterocycles. The molecule has 0 aromatic carbocycles.